The Bertz CT molecular complexity index is 2700. The molecule has 2 heterocycles. The predicted octanol–water partition coefficient (Wildman–Crippen LogP) is -1.43. The van der Waals surface area contributed by atoms with Crippen molar-refractivity contribution in [1.29, 1.82) is 0 Å². The molecule has 28 nitrogen and oxygen atoms in total. The number of aliphatic hydroxyl groups is 3. The quantitative estimate of drug-likeness (QED) is 0.0357. The molecule has 486 valence electrons. The van der Waals surface area contributed by atoms with Crippen LogP contribution in [0.2, 0.25) is 0 Å². The number of nitrogens with zero attached hydrogens (tertiary/aromatic N) is 2. The van der Waals surface area contributed by atoms with Crippen molar-refractivity contribution in [2.24, 2.45) is 28.9 Å². The highest BCUT2D eigenvalue weighted by Gasteiger charge is 2.44. The topological polar surface area (TPSA) is 436 Å². The summed E-state index contributed by atoms with van der Waals surface area (Å²) in [5.41, 5.74) is 1.92. The molecule has 1 saturated carbocycles. The zero-order chi connectivity index (χ0) is 65.7. The van der Waals surface area contributed by atoms with Crippen LogP contribution >= 0.6 is 0 Å². The third-order valence-corrected chi connectivity index (χ3v) is 14.9. The van der Waals surface area contributed by atoms with Gasteiger partial charge in [-0.3, -0.25) is 52.7 Å². The lowest BCUT2D eigenvalue weighted by molar-refractivity contribution is -0.140. The summed E-state index contributed by atoms with van der Waals surface area (Å²) in [5, 5.41) is 57.2. The summed E-state index contributed by atoms with van der Waals surface area (Å²) in [4.78, 5) is 162. The number of imidazole rings is 1. The first-order chi connectivity index (χ1) is 40.6. The molecule has 11 atom stereocenters. The van der Waals surface area contributed by atoms with Crippen molar-refractivity contribution in [1.82, 2.24) is 68.1 Å². The van der Waals surface area contributed by atoms with Crippen molar-refractivity contribution in [3.05, 3.63) is 47.8 Å². The highest BCUT2D eigenvalue weighted by Crippen LogP contribution is 2.29. The molecule has 0 saturated heterocycles. The van der Waals surface area contributed by atoms with Crippen LogP contribution in [0.4, 0.5) is 8.78 Å². The number of H-pyrrole nitrogens is 1. The van der Waals surface area contributed by atoms with E-state index >= 15 is 0 Å². The van der Waals surface area contributed by atoms with E-state index in [1.165, 1.54) is 33.4 Å². The number of aliphatic hydroxyl groups excluding tert-OH is 2. The first-order valence-corrected chi connectivity index (χ1v) is 29.2. The average molecular weight is 1230 g/mol. The Morgan fingerprint density at radius 1 is 0.678 bits per heavy atom. The van der Waals surface area contributed by atoms with Crippen molar-refractivity contribution in [3.8, 4) is 0 Å². The van der Waals surface area contributed by atoms with Crippen molar-refractivity contribution < 1.29 is 76.8 Å². The van der Waals surface area contributed by atoms with Crippen molar-refractivity contribution in [2.45, 2.75) is 206 Å². The predicted molar refractivity (Wildman–Crippen MR) is 310 cm³/mol. The number of nitrogens with one attached hydrogen (secondary N) is 11. The molecule has 0 aromatic carbocycles. The Labute approximate surface area is 504 Å². The summed E-state index contributed by atoms with van der Waals surface area (Å²) < 4.78 is 28.6. The summed E-state index contributed by atoms with van der Waals surface area (Å²) in [6.07, 6.45) is 3.39. The minimum atomic E-state index is -2.07. The summed E-state index contributed by atoms with van der Waals surface area (Å²) in [5.74, 6) is -14.8. The molecule has 3 rings (SSSR count). The Hall–Kier alpha value is -7.73. The number of pyridine rings is 1. The van der Waals surface area contributed by atoms with Gasteiger partial charge in [-0.05, 0) is 88.5 Å². The van der Waals surface area contributed by atoms with Crippen LogP contribution in [0.3, 0.4) is 0 Å². The molecular weight excluding hydrogens is 1140 g/mol. The number of nitrogens with two attached hydrogens (primary N) is 1. The van der Waals surface area contributed by atoms with E-state index in [0.717, 1.165) is 19.2 Å². The van der Waals surface area contributed by atoms with Gasteiger partial charge in [-0.2, -0.15) is 4.39 Å². The Kier molecular flexibility index (Phi) is 28.7. The van der Waals surface area contributed by atoms with Crippen LogP contribution < -0.4 is 58.9 Å². The highest BCUT2D eigenvalue weighted by molar-refractivity contribution is 6.01. The minimum absolute atomic E-state index is 0.0506. The molecule has 2 aromatic rings. The fraction of sp³-hybridized carbons (Fsp3) is 0.667. The van der Waals surface area contributed by atoms with Gasteiger partial charge in [0.2, 0.25) is 65.0 Å². The first kappa shape index (κ1) is 73.5. The summed E-state index contributed by atoms with van der Waals surface area (Å²) in [6, 6.07) is -12.8. The summed E-state index contributed by atoms with van der Waals surface area (Å²) >= 11 is 0. The molecule has 1 fully saturated rings. The number of amides is 11. The van der Waals surface area contributed by atoms with Crippen molar-refractivity contribution in [3.63, 3.8) is 0 Å². The molecule has 0 aliphatic heterocycles. The fourth-order valence-corrected chi connectivity index (χ4v) is 9.58. The molecule has 30 heteroatoms. The van der Waals surface area contributed by atoms with Gasteiger partial charge in [0.25, 0.3) is 5.91 Å². The molecule has 2 aromatic heterocycles. The maximum Gasteiger partial charge on any atom is 0.255 e. The summed E-state index contributed by atoms with van der Waals surface area (Å²) in [7, 11) is 1.34. The average Bonchev–Trinajstić information content (AvgIpc) is 4.41. The molecule has 11 amide bonds. The van der Waals surface area contributed by atoms with Gasteiger partial charge >= 0.3 is 0 Å². The zero-order valence-electron chi connectivity index (χ0n) is 51.4. The number of hydrogen-bond acceptors (Lipinski definition) is 16. The van der Waals surface area contributed by atoms with Crippen LogP contribution in [-0.4, -0.2) is 175 Å². The van der Waals surface area contributed by atoms with E-state index in [4.69, 9.17) is 5.73 Å². The summed E-state index contributed by atoms with van der Waals surface area (Å²) in [6.45, 7) is 14.8. The molecule has 16 N–H and O–H groups in total. The maximum atomic E-state index is 14.6. The van der Waals surface area contributed by atoms with E-state index < -0.39 is 185 Å². The van der Waals surface area contributed by atoms with Gasteiger partial charge in [0.05, 0.1) is 23.6 Å². The molecule has 0 radical (unpaired) electrons. The Balaban J connectivity index is 1.92. The number of halogens is 2. The lowest BCUT2D eigenvalue weighted by Crippen LogP contribution is -2.66. The number of likely N-dealkylation sites (N-methyl/N-ethyl adjacent to an activating group) is 1. The fourth-order valence-electron chi connectivity index (χ4n) is 9.58. The standard InChI is InChI=1S/C57H90F2N14O14/c1-12-29(4)40(69-55(86)44(57(9,10)87)73-53(84)42(31-15-13-14-16-31)71-54(85)43(56(6,7)8)72-46(77)33-21-23-63-45(59)39(33)58)51(82)70-41(30(5)75)52(83)67-35(19-20-38(60)76)49(80)68-37(25-32-26-62-27-64-32)50(81)65-34(18-17-28(2)3)48(79)66-36(22-24-74)47(78)61-11/h21,23,26-31,34-37,40-44,74-75,87H,12-20,22,24-25H2,1-11H3,(H2,60,76)(H,61,78)(H,62,64)(H,65,81)(H,66,79)(H,67,83)(H,68,80)(H,69,86)(H,70,82)(H,71,85)(H,72,77)(H,73,84)/t29-,30+,34+,35-,36-,37-,40-,41-,42-,43+,44+/m0/s1. The minimum Gasteiger partial charge on any atom is -0.396 e. The number of hydrogen-bond donors (Lipinski definition) is 15. The maximum absolute atomic E-state index is 14.6. The van der Waals surface area contributed by atoms with E-state index in [-0.39, 0.29) is 31.6 Å². The largest absolute Gasteiger partial charge is 0.396 e. The third kappa shape index (κ3) is 22.8. The van der Waals surface area contributed by atoms with Gasteiger partial charge in [-0.1, -0.05) is 67.7 Å². The lowest BCUT2D eigenvalue weighted by atomic mass is 9.85. The van der Waals surface area contributed by atoms with Crippen LogP contribution in [0.25, 0.3) is 0 Å². The molecule has 0 bridgehead atoms. The van der Waals surface area contributed by atoms with Gasteiger partial charge in [-0.25, -0.2) is 14.4 Å². The van der Waals surface area contributed by atoms with Crippen LogP contribution in [0.1, 0.15) is 149 Å². The highest BCUT2D eigenvalue weighted by atomic mass is 19.2. The molecule has 0 unspecified atom stereocenters. The van der Waals surface area contributed by atoms with E-state index in [1.807, 2.05) is 13.8 Å². The van der Waals surface area contributed by atoms with E-state index in [0.29, 0.717) is 37.8 Å². The zero-order valence-corrected chi connectivity index (χ0v) is 51.4. The van der Waals surface area contributed by atoms with Gasteiger partial charge in [0.15, 0.2) is 5.82 Å². The Morgan fingerprint density at radius 2 is 1.22 bits per heavy atom. The van der Waals surface area contributed by atoms with Gasteiger partial charge in [-0.15, -0.1) is 0 Å². The molecular formula is C57H90F2N14O14. The van der Waals surface area contributed by atoms with Crippen LogP contribution in [0.5, 0.6) is 0 Å². The van der Waals surface area contributed by atoms with Gasteiger partial charge in [0.1, 0.15) is 54.4 Å². The lowest BCUT2D eigenvalue weighted by Gasteiger charge is -2.35. The third-order valence-electron chi connectivity index (χ3n) is 14.9. The van der Waals surface area contributed by atoms with Crippen molar-refractivity contribution in [2.75, 3.05) is 13.7 Å². The van der Waals surface area contributed by atoms with Gasteiger partial charge < -0.3 is 79.2 Å². The number of carbonyl (C=O) groups is 11. The number of aromatic amines is 1. The van der Waals surface area contributed by atoms with E-state index in [1.54, 1.807) is 34.6 Å². The number of primary amides is 1. The number of rotatable bonds is 34. The van der Waals surface area contributed by atoms with Crippen LogP contribution in [-0.2, 0) is 54.4 Å². The van der Waals surface area contributed by atoms with E-state index in [2.05, 4.69) is 68.1 Å². The first-order valence-electron chi connectivity index (χ1n) is 29.2. The second kappa shape index (κ2) is 34.0. The molecule has 1 aliphatic carbocycles. The van der Waals surface area contributed by atoms with E-state index in [9.17, 15) is 76.8 Å². The van der Waals surface area contributed by atoms with Crippen LogP contribution in [0, 0.1) is 34.9 Å². The molecule has 0 spiro atoms. The van der Waals surface area contributed by atoms with Crippen LogP contribution in [0.15, 0.2) is 24.8 Å². The monoisotopic (exact) mass is 1230 g/mol. The normalized spacial score (nSPS) is 16.6. The smallest absolute Gasteiger partial charge is 0.255 e. The molecule has 87 heavy (non-hydrogen) atoms. The number of aromatic nitrogens is 3. The molecule has 1 aliphatic rings. The van der Waals surface area contributed by atoms with Gasteiger partial charge in [0, 0.05) is 44.6 Å². The van der Waals surface area contributed by atoms with Crippen molar-refractivity contribution >= 4 is 65.0 Å². The second-order valence-electron chi connectivity index (χ2n) is 24.1. The Morgan fingerprint density at radius 3 is 1.74 bits per heavy atom. The number of carbonyl (C=O) groups excluding carboxylic acids is 11. The SMILES string of the molecule is CC[C@H](C)[C@H](NC(=O)[C@@H](NC(=O)[C@@H](NC(=O)[C@@H](NC(=O)c1ccnc(F)c1F)C(C)(C)C)C1CCCC1)C(C)(C)O)C(=O)N[C@H](C(=O)N[C@@H](CCC(N)=O)C(=O)N[C@@H](Cc1cnc[nH]1)C(=O)N[C@H](CCC(C)C)C(=O)N[C@@H](CCO)C(=O)NC)[C@@H](C)O. The second-order valence-corrected chi connectivity index (χ2v) is 24.1.